The van der Waals surface area contributed by atoms with E-state index in [1.54, 1.807) is 6.20 Å². The average Bonchev–Trinajstić information content (AvgIpc) is 2.87. The predicted octanol–water partition coefficient (Wildman–Crippen LogP) is 0.803. The smallest absolute Gasteiger partial charge is 0.236 e. The minimum Gasteiger partial charge on any atom is -0.368 e. The van der Waals surface area contributed by atoms with Crippen LogP contribution in [0.4, 0.5) is 5.69 Å². The van der Waals surface area contributed by atoms with Crippen molar-refractivity contribution in [2.45, 2.75) is 12.5 Å². The number of carbonyl (C=O) groups excluding carboxylic acids is 1. The SMILES string of the molecule is NC(=O)C1CCN(c2cccc3ncccc23)N1. The second kappa shape index (κ2) is 4.27. The van der Waals surface area contributed by atoms with Crippen molar-refractivity contribution < 1.29 is 4.79 Å². The number of hydrazine groups is 1. The number of nitrogens with one attached hydrogen (secondary N) is 1. The summed E-state index contributed by atoms with van der Waals surface area (Å²) in [5, 5.41) is 3.04. The van der Waals surface area contributed by atoms with Gasteiger partial charge in [-0.2, -0.15) is 0 Å². The van der Waals surface area contributed by atoms with Crippen LogP contribution in [0.5, 0.6) is 0 Å². The van der Waals surface area contributed by atoms with Gasteiger partial charge in [-0.05, 0) is 30.7 Å². The van der Waals surface area contributed by atoms with Crippen molar-refractivity contribution >= 4 is 22.5 Å². The zero-order valence-corrected chi connectivity index (χ0v) is 9.84. The topological polar surface area (TPSA) is 71.2 Å². The van der Waals surface area contributed by atoms with Crippen LogP contribution < -0.4 is 16.2 Å². The van der Waals surface area contributed by atoms with Gasteiger partial charge in [-0.3, -0.25) is 9.78 Å². The van der Waals surface area contributed by atoms with Gasteiger partial charge in [-0.15, -0.1) is 0 Å². The standard InChI is InChI=1S/C13H14N4O/c14-13(18)11-6-8-17(16-11)12-5-1-4-10-9(12)3-2-7-15-10/h1-5,7,11,16H,6,8H2,(H2,14,18). The first kappa shape index (κ1) is 11.0. The Balaban J connectivity index is 1.98. The predicted molar refractivity (Wildman–Crippen MR) is 69.8 cm³/mol. The molecule has 0 radical (unpaired) electrons. The van der Waals surface area contributed by atoms with Crippen LogP contribution in [0, 0.1) is 0 Å². The van der Waals surface area contributed by atoms with Crippen molar-refractivity contribution in [3.05, 3.63) is 36.5 Å². The average molecular weight is 242 g/mol. The van der Waals surface area contributed by atoms with E-state index in [2.05, 4.69) is 10.4 Å². The van der Waals surface area contributed by atoms with Gasteiger partial charge in [0.25, 0.3) is 0 Å². The zero-order valence-electron chi connectivity index (χ0n) is 9.84. The summed E-state index contributed by atoms with van der Waals surface area (Å²) >= 11 is 0. The molecule has 1 aliphatic rings. The van der Waals surface area contributed by atoms with Gasteiger partial charge < -0.3 is 10.7 Å². The Hall–Kier alpha value is -2.14. The Bertz CT molecular complexity index is 593. The van der Waals surface area contributed by atoms with Crippen molar-refractivity contribution in [1.29, 1.82) is 0 Å². The third-order valence-corrected chi connectivity index (χ3v) is 3.21. The molecular weight excluding hydrogens is 228 g/mol. The first-order chi connectivity index (χ1) is 8.75. The Morgan fingerprint density at radius 3 is 3.06 bits per heavy atom. The highest BCUT2D eigenvalue weighted by atomic mass is 16.1. The largest absolute Gasteiger partial charge is 0.368 e. The van der Waals surface area contributed by atoms with E-state index in [4.69, 9.17) is 5.73 Å². The molecule has 18 heavy (non-hydrogen) atoms. The minimum absolute atomic E-state index is 0.281. The van der Waals surface area contributed by atoms with Gasteiger partial charge in [0.1, 0.15) is 6.04 Å². The molecule has 3 rings (SSSR count). The molecular formula is C13H14N4O. The lowest BCUT2D eigenvalue weighted by Crippen LogP contribution is -2.42. The fourth-order valence-corrected chi connectivity index (χ4v) is 2.29. The van der Waals surface area contributed by atoms with Gasteiger partial charge in [-0.1, -0.05) is 6.07 Å². The van der Waals surface area contributed by atoms with Crippen molar-refractivity contribution in [2.75, 3.05) is 11.6 Å². The molecule has 0 saturated carbocycles. The highest BCUT2D eigenvalue weighted by Gasteiger charge is 2.26. The van der Waals surface area contributed by atoms with Crippen LogP contribution >= 0.6 is 0 Å². The van der Waals surface area contributed by atoms with E-state index in [1.807, 2.05) is 35.3 Å². The highest BCUT2D eigenvalue weighted by Crippen LogP contribution is 2.26. The molecule has 1 fully saturated rings. The Morgan fingerprint density at radius 2 is 2.28 bits per heavy atom. The normalized spacial score (nSPS) is 19.3. The maximum absolute atomic E-state index is 11.2. The summed E-state index contributed by atoms with van der Waals surface area (Å²) in [6, 6.07) is 9.60. The molecule has 5 nitrogen and oxygen atoms in total. The molecule has 3 N–H and O–H groups in total. The molecule has 0 aliphatic carbocycles. The summed E-state index contributed by atoms with van der Waals surface area (Å²) in [7, 11) is 0. The van der Waals surface area contributed by atoms with Crippen LogP contribution in [0.1, 0.15) is 6.42 Å². The van der Waals surface area contributed by atoms with Crippen molar-refractivity contribution in [2.24, 2.45) is 5.73 Å². The maximum Gasteiger partial charge on any atom is 0.236 e. The molecule has 1 aromatic heterocycles. The van der Waals surface area contributed by atoms with Crippen LogP contribution in [-0.4, -0.2) is 23.5 Å². The van der Waals surface area contributed by atoms with E-state index in [-0.39, 0.29) is 11.9 Å². The van der Waals surface area contributed by atoms with Crippen molar-refractivity contribution in [3.63, 3.8) is 0 Å². The number of hydrogen-bond acceptors (Lipinski definition) is 4. The van der Waals surface area contributed by atoms with E-state index in [0.29, 0.717) is 0 Å². The fraction of sp³-hybridized carbons (Fsp3) is 0.231. The van der Waals surface area contributed by atoms with Crippen molar-refractivity contribution in [1.82, 2.24) is 10.4 Å². The number of amides is 1. The number of hydrogen-bond donors (Lipinski definition) is 2. The van der Waals surface area contributed by atoms with Gasteiger partial charge in [0.2, 0.25) is 5.91 Å². The van der Waals surface area contributed by atoms with Crippen LogP contribution in [0.15, 0.2) is 36.5 Å². The summed E-state index contributed by atoms with van der Waals surface area (Å²) in [6.45, 7) is 0.765. The number of carbonyl (C=O) groups is 1. The summed E-state index contributed by atoms with van der Waals surface area (Å²) in [5.74, 6) is -0.309. The Morgan fingerprint density at radius 1 is 1.39 bits per heavy atom. The molecule has 5 heteroatoms. The summed E-state index contributed by atoms with van der Waals surface area (Å²) in [6.07, 6.45) is 2.50. The summed E-state index contributed by atoms with van der Waals surface area (Å²) < 4.78 is 0. The van der Waals surface area contributed by atoms with Crippen molar-refractivity contribution in [3.8, 4) is 0 Å². The molecule has 0 bridgehead atoms. The van der Waals surface area contributed by atoms with E-state index < -0.39 is 0 Å². The third-order valence-electron chi connectivity index (χ3n) is 3.21. The highest BCUT2D eigenvalue weighted by molar-refractivity contribution is 5.92. The third kappa shape index (κ3) is 1.78. The van der Waals surface area contributed by atoms with E-state index in [9.17, 15) is 4.79 Å². The first-order valence-electron chi connectivity index (χ1n) is 5.92. The number of primary amides is 1. The molecule has 1 aliphatic heterocycles. The molecule has 1 unspecified atom stereocenters. The summed E-state index contributed by atoms with van der Waals surface area (Å²) in [5.41, 5.74) is 10.4. The zero-order chi connectivity index (χ0) is 12.5. The first-order valence-corrected chi connectivity index (χ1v) is 5.92. The van der Waals surface area contributed by atoms with E-state index >= 15 is 0 Å². The quantitative estimate of drug-likeness (QED) is 0.817. The molecule has 1 atom stereocenters. The number of rotatable bonds is 2. The molecule has 1 amide bonds. The number of pyridine rings is 1. The number of benzene rings is 1. The van der Waals surface area contributed by atoms with Crippen LogP contribution in [0.3, 0.4) is 0 Å². The molecule has 2 aromatic rings. The number of fused-ring (bicyclic) bond motifs is 1. The minimum atomic E-state index is -0.309. The number of anilines is 1. The number of nitrogens with zero attached hydrogens (tertiary/aromatic N) is 2. The lowest BCUT2D eigenvalue weighted by Gasteiger charge is -2.20. The van der Waals surface area contributed by atoms with Gasteiger partial charge >= 0.3 is 0 Å². The van der Waals surface area contributed by atoms with Crippen LogP contribution in [-0.2, 0) is 4.79 Å². The molecule has 2 heterocycles. The molecule has 92 valence electrons. The van der Waals surface area contributed by atoms with Gasteiger partial charge in [0.15, 0.2) is 0 Å². The fourth-order valence-electron chi connectivity index (χ4n) is 2.29. The monoisotopic (exact) mass is 242 g/mol. The van der Waals surface area contributed by atoms with Gasteiger partial charge in [0, 0.05) is 18.1 Å². The lowest BCUT2D eigenvalue weighted by molar-refractivity contribution is -0.119. The maximum atomic E-state index is 11.2. The van der Waals surface area contributed by atoms with E-state index in [1.165, 1.54) is 0 Å². The number of nitrogens with two attached hydrogens (primary N) is 1. The van der Waals surface area contributed by atoms with E-state index in [0.717, 1.165) is 29.6 Å². The Labute approximate surface area is 105 Å². The van der Waals surface area contributed by atoms with Crippen LogP contribution in [0.2, 0.25) is 0 Å². The number of aromatic nitrogens is 1. The Kier molecular flexibility index (Phi) is 2.60. The van der Waals surface area contributed by atoms with Gasteiger partial charge in [-0.25, -0.2) is 5.43 Å². The molecule has 1 aromatic carbocycles. The molecule has 0 spiro atoms. The van der Waals surface area contributed by atoms with Gasteiger partial charge in [0.05, 0.1) is 11.2 Å². The molecule has 1 saturated heterocycles. The lowest BCUT2D eigenvalue weighted by atomic mass is 10.2. The van der Waals surface area contributed by atoms with Crippen LogP contribution in [0.25, 0.3) is 10.9 Å². The second-order valence-corrected chi connectivity index (χ2v) is 4.37. The summed E-state index contributed by atoms with van der Waals surface area (Å²) in [4.78, 5) is 15.5. The second-order valence-electron chi connectivity index (χ2n) is 4.37.